The fourth-order valence-corrected chi connectivity index (χ4v) is 2.82. The van der Waals surface area contributed by atoms with Gasteiger partial charge in [-0.1, -0.05) is 0 Å². The zero-order valence-corrected chi connectivity index (χ0v) is 11.1. The van der Waals surface area contributed by atoms with Gasteiger partial charge in [0.2, 0.25) is 0 Å². The molecule has 0 aliphatic carbocycles. The van der Waals surface area contributed by atoms with Gasteiger partial charge in [0, 0.05) is 24.7 Å². The number of aromatic amines is 1. The summed E-state index contributed by atoms with van der Waals surface area (Å²) < 4.78 is 15.3. The van der Waals surface area contributed by atoms with E-state index in [2.05, 4.69) is 25.6 Å². The highest BCUT2D eigenvalue weighted by Crippen LogP contribution is 2.35. The van der Waals surface area contributed by atoms with Gasteiger partial charge >= 0.3 is 0 Å². The van der Waals surface area contributed by atoms with E-state index in [1.54, 1.807) is 11.7 Å². The van der Waals surface area contributed by atoms with Crippen LogP contribution in [0.2, 0.25) is 0 Å². The summed E-state index contributed by atoms with van der Waals surface area (Å²) >= 11 is 0. The molecule has 2 aromatic heterocycles. The monoisotopic (exact) mass is 286 g/mol. The van der Waals surface area contributed by atoms with Crippen LogP contribution in [0.25, 0.3) is 10.8 Å². The Hall–Kier alpha value is -2.77. The first kappa shape index (κ1) is 12.0. The second kappa shape index (κ2) is 4.11. The van der Waals surface area contributed by atoms with Crippen LogP contribution in [0, 0.1) is 5.82 Å². The number of aryl methyl sites for hydroxylation is 1. The first-order valence-corrected chi connectivity index (χ1v) is 6.44. The van der Waals surface area contributed by atoms with Gasteiger partial charge in [0.1, 0.15) is 18.0 Å². The van der Waals surface area contributed by atoms with Crippen LogP contribution in [0.3, 0.4) is 0 Å². The molecule has 0 amide bonds. The van der Waals surface area contributed by atoms with Gasteiger partial charge in [0.15, 0.2) is 0 Å². The van der Waals surface area contributed by atoms with E-state index in [1.165, 1.54) is 18.5 Å². The molecule has 0 bridgehead atoms. The molecule has 0 saturated heterocycles. The molecule has 0 spiro atoms. The fraction of sp³-hybridized carbons (Fsp3) is 0.231. The number of halogens is 1. The van der Waals surface area contributed by atoms with Crippen LogP contribution in [0.15, 0.2) is 23.3 Å². The van der Waals surface area contributed by atoms with Crippen LogP contribution in [-0.4, -0.2) is 31.5 Å². The Labute approximate surface area is 117 Å². The molecule has 2 N–H and O–H groups in total. The highest BCUT2D eigenvalue weighted by atomic mass is 19.1. The first-order chi connectivity index (χ1) is 10.1. The summed E-state index contributed by atoms with van der Waals surface area (Å²) in [4.78, 5) is 16.1. The van der Waals surface area contributed by atoms with Crippen molar-refractivity contribution in [1.29, 1.82) is 0 Å². The highest BCUT2D eigenvalue weighted by Gasteiger charge is 2.29. The number of aromatic nitrogens is 5. The maximum Gasteiger partial charge on any atom is 0.272 e. The normalized spacial score (nSPS) is 17.0. The summed E-state index contributed by atoms with van der Waals surface area (Å²) in [5.41, 5.74) is 0.849. The van der Waals surface area contributed by atoms with Crippen molar-refractivity contribution in [3.8, 4) is 0 Å². The van der Waals surface area contributed by atoms with Gasteiger partial charge in [-0.15, -0.1) is 0 Å². The molecule has 8 heteroatoms. The summed E-state index contributed by atoms with van der Waals surface area (Å²) in [5, 5.41) is 14.7. The maximum atomic E-state index is 13.6. The summed E-state index contributed by atoms with van der Waals surface area (Å²) in [6, 6.07) is 2.60. The zero-order valence-electron chi connectivity index (χ0n) is 11.1. The lowest BCUT2D eigenvalue weighted by Crippen LogP contribution is -2.26. The van der Waals surface area contributed by atoms with Gasteiger partial charge in [-0.25, -0.2) is 14.5 Å². The van der Waals surface area contributed by atoms with Gasteiger partial charge in [-0.3, -0.25) is 9.48 Å². The first-order valence-electron chi connectivity index (χ1n) is 6.44. The molecule has 3 aromatic rings. The minimum Gasteiger partial charge on any atom is -0.383 e. The zero-order chi connectivity index (χ0) is 14.6. The van der Waals surface area contributed by atoms with Crippen LogP contribution in [-0.2, 0) is 7.05 Å². The third-order valence-corrected chi connectivity index (χ3v) is 3.77. The molecule has 0 radical (unpaired) electrons. The maximum absolute atomic E-state index is 13.6. The quantitative estimate of drug-likeness (QED) is 0.689. The third-order valence-electron chi connectivity index (χ3n) is 3.77. The molecular formula is C13H11FN6O. The Bertz CT molecular complexity index is 915. The Kier molecular flexibility index (Phi) is 2.35. The van der Waals surface area contributed by atoms with Crippen molar-refractivity contribution >= 4 is 16.5 Å². The standard InChI is InChI=1S/C13H11FN6O/c1-20-12(16-5-17-20)8-4-15-9-3-6(14)2-7-10(9)11(8)18-19-13(7)21/h2-3,5,8,15H,4H2,1H3,(H,19,21). The molecule has 1 aliphatic rings. The lowest BCUT2D eigenvalue weighted by molar-refractivity contribution is 0.625. The predicted octanol–water partition coefficient (Wildman–Crippen LogP) is 0.748. The Morgan fingerprint density at radius 3 is 3.05 bits per heavy atom. The minimum atomic E-state index is -0.454. The van der Waals surface area contributed by atoms with E-state index in [-0.39, 0.29) is 11.3 Å². The van der Waals surface area contributed by atoms with E-state index >= 15 is 0 Å². The second-order valence-electron chi connectivity index (χ2n) is 4.99. The van der Waals surface area contributed by atoms with Crippen LogP contribution in [0.4, 0.5) is 10.1 Å². The van der Waals surface area contributed by atoms with Crippen molar-refractivity contribution in [3.05, 3.63) is 46.1 Å². The van der Waals surface area contributed by atoms with Crippen LogP contribution in [0.5, 0.6) is 0 Å². The summed E-state index contributed by atoms with van der Waals surface area (Å²) in [7, 11) is 1.80. The predicted molar refractivity (Wildman–Crippen MR) is 73.7 cm³/mol. The van der Waals surface area contributed by atoms with Gasteiger partial charge in [0.05, 0.1) is 17.0 Å². The highest BCUT2D eigenvalue weighted by molar-refractivity contribution is 5.96. The van der Waals surface area contributed by atoms with E-state index in [1.807, 2.05) is 0 Å². The minimum absolute atomic E-state index is 0.158. The molecule has 1 unspecified atom stereocenters. The molecule has 21 heavy (non-hydrogen) atoms. The fourth-order valence-electron chi connectivity index (χ4n) is 2.82. The second-order valence-corrected chi connectivity index (χ2v) is 4.99. The molecule has 1 aliphatic heterocycles. The summed E-state index contributed by atoms with van der Waals surface area (Å²) in [5.74, 6) is 0.123. The van der Waals surface area contributed by atoms with Crippen molar-refractivity contribution in [1.82, 2.24) is 25.0 Å². The molecule has 7 nitrogen and oxygen atoms in total. The molecule has 3 heterocycles. The number of rotatable bonds is 1. The Balaban J connectivity index is 2.05. The van der Waals surface area contributed by atoms with E-state index in [0.717, 1.165) is 5.82 Å². The van der Waals surface area contributed by atoms with E-state index in [0.29, 0.717) is 23.3 Å². The van der Waals surface area contributed by atoms with Gasteiger partial charge < -0.3 is 5.32 Å². The lowest BCUT2D eigenvalue weighted by Gasteiger charge is -2.24. The average Bonchev–Trinajstić information content (AvgIpc) is 2.88. The SMILES string of the molecule is Cn1ncnc1C1CNc2cc(F)cc3c(=O)[nH]nc1c23. The number of hydrogen-bond acceptors (Lipinski definition) is 5. The smallest absolute Gasteiger partial charge is 0.272 e. The number of nitrogens with one attached hydrogen (secondary N) is 2. The van der Waals surface area contributed by atoms with E-state index in [9.17, 15) is 9.18 Å². The van der Waals surface area contributed by atoms with Gasteiger partial charge in [0.25, 0.3) is 5.56 Å². The Morgan fingerprint density at radius 2 is 2.29 bits per heavy atom. The van der Waals surface area contributed by atoms with Crippen LogP contribution < -0.4 is 10.9 Å². The van der Waals surface area contributed by atoms with Crippen molar-refractivity contribution in [2.75, 3.05) is 11.9 Å². The van der Waals surface area contributed by atoms with Gasteiger partial charge in [-0.05, 0) is 12.1 Å². The van der Waals surface area contributed by atoms with Crippen molar-refractivity contribution < 1.29 is 4.39 Å². The third kappa shape index (κ3) is 1.65. The number of nitrogens with zero attached hydrogens (tertiary/aromatic N) is 4. The number of H-pyrrole nitrogens is 1. The largest absolute Gasteiger partial charge is 0.383 e. The van der Waals surface area contributed by atoms with Crippen molar-refractivity contribution in [2.24, 2.45) is 7.05 Å². The molecule has 4 rings (SSSR count). The summed E-state index contributed by atoms with van der Waals surface area (Å²) in [6.07, 6.45) is 1.47. The van der Waals surface area contributed by atoms with Crippen LogP contribution in [0.1, 0.15) is 17.4 Å². The molecule has 0 fully saturated rings. The lowest BCUT2D eigenvalue weighted by atomic mass is 9.94. The average molecular weight is 286 g/mol. The van der Waals surface area contributed by atoms with Crippen molar-refractivity contribution in [3.63, 3.8) is 0 Å². The molecule has 106 valence electrons. The Morgan fingerprint density at radius 1 is 1.43 bits per heavy atom. The van der Waals surface area contributed by atoms with Crippen LogP contribution >= 0.6 is 0 Å². The molecule has 0 saturated carbocycles. The topological polar surface area (TPSA) is 88.5 Å². The van der Waals surface area contributed by atoms with E-state index in [4.69, 9.17) is 0 Å². The number of anilines is 1. The molecule has 1 aromatic carbocycles. The van der Waals surface area contributed by atoms with Gasteiger partial charge in [-0.2, -0.15) is 10.2 Å². The molecular weight excluding hydrogens is 275 g/mol. The molecule has 1 atom stereocenters. The number of benzene rings is 1. The summed E-state index contributed by atoms with van der Waals surface area (Å²) in [6.45, 7) is 0.511. The van der Waals surface area contributed by atoms with E-state index < -0.39 is 11.4 Å². The van der Waals surface area contributed by atoms with Crippen molar-refractivity contribution in [2.45, 2.75) is 5.92 Å². The number of hydrogen-bond donors (Lipinski definition) is 2.